The van der Waals surface area contributed by atoms with E-state index in [1.807, 2.05) is 0 Å². The van der Waals surface area contributed by atoms with Crippen molar-refractivity contribution in [1.82, 2.24) is 0 Å². The van der Waals surface area contributed by atoms with E-state index in [1.165, 1.54) is 38.5 Å². The van der Waals surface area contributed by atoms with Crippen LogP contribution in [0, 0.1) is 11.8 Å². The Morgan fingerprint density at radius 1 is 0.600 bits per heavy atom. The Hall–Kier alpha value is -0.0800. The molecule has 2 atom stereocenters. The molecule has 0 aromatic heterocycles. The van der Waals surface area contributed by atoms with Gasteiger partial charge < -0.3 is 9.47 Å². The second-order valence-corrected chi connectivity index (χ2v) is 6.24. The summed E-state index contributed by atoms with van der Waals surface area (Å²) in [7, 11) is 0. The zero-order valence-corrected chi connectivity index (χ0v) is 14.5. The van der Waals surface area contributed by atoms with Crippen molar-refractivity contribution in [1.29, 1.82) is 0 Å². The van der Waals surface area contributed by atoms with Crippen LogP contribution in [0.5, 0.6) is 0 Å². The predicted octanol–water partition coefficient (Wildman–Crippen LogP) is 5.45. The van der Waals surface area contributed by atoms with Crippen LogP contribution in [0.4, 0.5) is 0 Å². The van der Waals surface area contributed by atoms with Crippen LogP contribution in [0.1, 0.15) is 79.1 Å². The van der Waals surface area contributed by atoms with Crippen LogP contribution in [0.2, 0.25) is 0 Å². The summed E-state index contributed by atoms with van der Waals surface area (Å²) in [6, 6.07) is 0. The number of hydrogen-bond donors (Lipinski definition) is 0. The van der Waals surface area contributed by atoms with Gasteiger partial charge in [-0.05, 0) is 50.4 Å². The predicted molar refractivity (Wildman–Crippen MR) is 88.3 cm³/mol. The first-order valence-corrected chi connectivity index (χ1v) is 8.86. The first-order chi connectivity index (χ1) is 9.70. The Labute approximate surface area is 127 Å². The van der Waals surface area contributed by atoms with Gasteiger partial charge in [-0.3, -0.25) is 0 Å². The third kappa shape index (κ3) is 14.3. The molecule has 0 rings (SSSR count). The molecule has 122 valence electrons. The van der Waals surface area contributed by atoms with Gasteiger partial charge in [0.15, 0.2) is 0 Å². The average molecular weight is 286 g/mol. The van der Waals surface area contributed by atoms with Crippen molar-refractivity contribution < 1.29 is 9.47 Å². The monoisotopic (exact) mass is 286 g/mol. The summed E-state index contributed by atoms with van der Waals surface area (Å²) in [5.74, 6) is 1.70. The number of hydrogen-bond acceptors (Lipinski definition) is 2. The van der Waals surface area contributed by atoms with Crippen LogP contribution in [0.25, 0.3) is 0 Å². The van der Waals surface area contributed by atoms with Gasteiger partial charge >= 0.3 is 0 Å². The summed E-state index contributed by atoms with van der Waals surface area (Å²) in [5.41, 5.74) is 0. The van der Waals surface area contributed by atoms with Crippen LogP contribution >= 0.6 is 0 Å². The van der Waals surface area contributed by atoms with Gasteiger partial charge in [0.05, 0.1) is 0 Å². The lowest BCUT2D eigenvalue weighted by molar-refractivity contribution is 0.0971. The molecular formula is C18H38O2. The van der Waals surface area contributed by atoms with Crippen molar-refractivity contribution in [3.63, 3.8) is 0 Å². The molecule has 0 aliphatic carbocycles. The van der Waals surface area contributed by atoms with Gasteiger partial charge in [-0.1, -0.05) is 40.5 Å². The highest BCUT2D eigenvalue weighted by atomic mass is 16.5. The Morgan fingerprint density at radius 3 is 1.30 bits per heavy atom. The van der Waals surface area contributed by atoms with E-state index in [1.54, 1.807) is 0 Å². The molecule has 20 heavy (non-hydrogen) atoms. The number of rotatable bonds is 15. The van der Waals surface area contributed by atoms with E-state index in [4.69, 9.17) is 9.47 Å². The molecule has 0 saturated heterocycles. The van der Waals surface area contributed by atoms with Crippen molar-refractivity contribution in [3.05, 3.63) is 0 Å². The standard InChI is InChI=1S/C18H38O2/c1-5-17(3)11-9-15-19-13-7-8-14-20-16-10-12-18(4)6-2/h17-18H,5-16H2,1-4H3. The van der Waals surface area contributed by atoms with E-state index in [-0.39, 0.29) is 0 Å². The van der Waals surface area contributed by atoms with Crippen LogP contribution in [0.3, 0.4) is 0 Å². The molecule has 0 heterocycles. The van der Waals surface area contributed by atoms with E-state index in [2.05, 4.69) is 27.7 Å². The van der Waals surface area contributed by atoms with Gasteiger partial charge in [0.2, 0.25) is 0 Å². The maximum atomic E-state index is 5.65. The van der Waals surface area contributed by atoms with Crippen LogP contribution in [-0.4, -0.2) is 26.4 Å². The molecule has 2 nitrogen and oxygen atoms in total. The lowest BCUT2D eigenvalue weighted by Gasteiger charge is -2.09. The average Bonchev–Trinajstić information content (AvgIpc) is 2.47. The summed E-state index contributed by atoms with van der Waals surface area (Å²) < 4.78 is 11.3. The van der Waals surface area contributed by atoms with Gasteiger partial charge in [-0.25, -0.2) is 0 Å². The molecule has 0 fully saturated rings. The van der Waals surface area contributed by atoms with Crippen molar-refractivity contribution in [2.24, 2.45) is 11.8 Å². The smallest absolute Gasteiger partial charge is 0.0466 e. The third-order valence-electron chi connectivity index (χ3n) is 4.19. The Bertz CT molecular complexity index is 162. The van der Waals surface area contributed by atoms with Crippen molar-refractivity contribution in [2.75, 3.05) is 26.4 Å². The zero-order valence-electron chi connectivity index (χ0n) is 14.5. The molecule has 2 heteroatoms. The summed E-state index contributed by atoms with van der Waals surface area (Å²) in [5, 5.41) is 0. The lowest BCUT2D eigenvalue weighted by Crippen LogP contribution is -2.03. The molecule has 0 aromatic rings. The SMILES string of the molecule is CCC(C)CCCOCCCCOCCCC(C)CC. The largest absolute Gasteiger partial charge is 0.381 e. The molecule has 0 spiro atoms. The van der Waals surface area contributed by atoms with Crippen LogP contribution in [0.15, 0.2) is 0 Å². The maximum Gasteiger partial charge on any atom is 0.0466 e. The lowest BCUT2D eigenvalue weighted by atomic mass is 10.0. The normalized spacial score (nSPS) is 14.4. The van der Waals surface area contributed by atoms with E-state index < -0.39 is 0 Å². The molecule has 0 radical (unpaired) electrons. The fourth-order valence-electron chi connectivity index (χ4n) is 2.09. The molecular weight excluding hydrogens is 248 g/mol. The first kappa shape index (κ1) is 19.9. The van der Waals surface area contributed by atoms with Crippen molar-refractivity contribution in [3.8, 4) is 0 Å². The van der Waals surface area contributed by atoms with E-state index in [0.29, 0.717) is 0 Å². The second-order valence-electron chi connectivity index (χ2n) is 6.24. The number of unbranched alkanes of at least 4 members (excludes halogenated alkanes) is 1. The Balaban J connectivity index is 3.03. The van der Waals surface area contributed by atoms with Gasteiger partial charge in [-0.2, -0.15) is 0 Å². The van der Waals surface area contributed by atoms with E-state index in [9.17, 15) is 0 Å². The van der Waals surface area contributed by atoms with E-state index >= 15 is 0 Å². The van der Waals surface area contributed by atoms with Crippen molar-refractivity contribution >= 4 is 0 Å². The van der Waals surface area contributed by atoms with Gasteiger partial charge in [0.25, 0.3) is 0 Å². The van der Waals surface area contributed by atoms with Crippen molar-refractivity contribution in [2.45, 2.75) is 79.1 Å². The summed E-state index contributed by atoms with van der Waals surface area (Å²) in [6.07, 6.45) is 9.86. The first-order valence-electron chi connectivity index (χ1n) is 8.86. The highest BCUT2D eigenvalue weighted by Crippen LogP contribution is 2.10. The molecule has 0 saturated carbocycles. The summed E-state index contributed by atoms with van der Waals surface area (Å²) in [6.45, 7) is 12.8. The molecule has 2 unspecified atom stereocenters. The zero-order chi connectivity index (χ0) is 15.1. The molecule has 0 aliphatic rings. The minimum Gasteiger partial charge on any atom is -0.381 e. The molecule has 0 aromatic carbocycles. The molecule has 0 N–H and O–H groups in total. The number of ether oxygens (including phenoxy) is 2. The fraction of sp³-hybridized carbons (Fsp3) is 1.00. The highest BCUT2D eigenvalue weighted by Gasteiger charge is 1.99. The molecule has 0 bridgehead atoms. The van der Waals surface area contributed by atoms with Crippen LogP contribution < -0.4 is 0 Å². The Kier molecular flexibility index (Phi) is 15.3. The third-order valence-corrected chi connectivity index (χ3v) is 4.19. The minimum atomic E-state index is 0.849. The Morgan fingerprint density at radius 2 is 0.950 bits per heavy atom. The van der Waals surface area contributed by atoms with Gasteiger partial charge in [-0.15, -0.1) is 0 Å². The van der Waals surface area contributed by atoms with E-state index in [0.717, 1.165) is 51.1 Å². The topological polar surface area (TPSA) is 18.5 Å². The van der Waals surface area contributed by atoms with Crippen LogP contribution in [-0.2, 0) is 9.47 Å². The molecule has 0 aliphatic heterocycles. The highest BCUT2D eigenvalue weighted by molar-refractivity contribution is 4.50. The maximum absolute atomic E-state index is 5.65. The summed E-state index contributed by atoms with van der Waals surface area (Å²) in [4.78, 5) is 0. The molecule has 0 amide bonds. The van der Waals surface area contributed by atoms with Gasteiger partial charge in [0.1, 0.15) is 0 Å². The minimum absolute atomic E-state index is 0.849. The quantitative estimate of drug-likeness (QED) is 0.373. The fourth-order valence-corrected chi connectivity index (χ4v) is 2.09. The summed E-state index contributed by atoms with van der Waals surface area (Å²) >= 11 is 0. The second kappa shape index (κ2) is 15.3. The van der Waals surface area contributed by atoms with Gasteiger partial charge in [0, 0.05) is 26.4 Å².